The lowest BCUT2D eigenvalue weighted by Crippen LogP contribution is -2.37. The van der Waals surface area contributed by atoms with Crippen molar-refractivity contribution in [3.8, 4) is 0 Å². The first-order valence-electron chi connectivity index (χ1n) is 6.92. The van der Waals surface area contributed by atoms with Gasteiger partial charge in [0.2, 0.25) is 0 Å². The molecule has 1 saturated heterocycles. The number of aryl methyl sites for hydroxylation is 1. The summed E-state index contributed by atoms with van der Waals surface area (Å²) in [4.78, 5) is 12.7. The van der Waals surface area contributed by atoms with E-state index < -0.39 is 17.7 Å². The second kappa shape index (κ2) is 6.05. The van der Waals surface area contributed by atoms with Crippen molar-refractivity contribution in [3.05, 3.63) is 34.9 Å². The largest absolute Gasteiger partial charge is 0.480 e. The zero-order valence-electron chi connectivity index (χ0n) is 11.8. The topological polar surface area (TPSA) is 40.5 Å². The van der Waals surface area contributed by atoms with Crippen molar-refractivity contribution in [3.63, 3.8) is 0 Å². The molecule has 1 N–H and O–H groups in total. The monoisotopic (exact) mass is 301 g/mol. The molecule has 0 radical (unpaired) electrons. The molecule has 0 aromatic heterocycles. The summed E-state index contributed by atoms with van der Waals surface area (Å²) in [6.45, 7) is 2.03. The van der Waals surface area contributed by atoms with Crippen molar-refractivity contribution >= 4 is 5.97 Å². The average molecular weight is 301 g/mol. The van der Waals surface area contributed by atoms with E-state index in [4.69, 9.17) is 5.11 Å². The molecule has 3 nitrogen and oxygen atoms in total. The number of hydrogen-bond acceptors (Lipinski definition) is 2. The van der Waals surface area contributed by atoms with Crippen LogP contribution >= 0.6 is 0 Å². The van der Waals surface area contributed by atoms with Gasteiger partial charge in [-0.25, -0.2) is 0 Å². The van der Waals surface area contributed by atoms with Crippen LogP contribution in [0.25, 0.3) is 0 Å². The molecule has 1 aromatic rings. The Kier molecular flexibility index (Phi) is 4.56. The van der Waals surface area contributed by atoms with E-state index in [0.717, 1.165) is 30.9 Å². The molecular formula is C15H18F3NO2. The smallest absolute Gasteiger partial charge is 0.416 e. The fourth-order valence-electron chi connectivity index (χ4n) is 2.94. The molecule has 21 heavy (non-hydrogen) atoms. The van der Waals surface area contributed by atoms with Gasteiger partial charge in [0.05, 0.1) is 12.1 Å². The number of carboxylic acids is 1. The maximum atomic E-state index is 12.8. The first-order chi connectivity index (χ1) is 9.79. The van der Waals surface area contributed by atoms with Gasteiger partial charge in [0.15, 0.2) is 0 Å². The standard InChI is InChI=1S/C15H18F3NO2/c1-10-8-11(5-6-12(10)15(16,17)18)13-4-2-3-7-19(13)9-14(20)21/h5-6,8,13H,2-4,7,9H2,1H3,(H,20,21). The van der Waals surface area contributed by atoms with Crippen molar-refractivity contribution in [1.29, 1.82) is 0 Å². The zero-order valence-corrected chi connectivity index (χ0v) is 11.8. The van der Waals surface area contributed by atoms with E-state index in [9.17, 15) is 18.0 Å². The van der Waals surface area contributed by atoms with Gasteiger partial charge in [-0.1, -0.05) is 18.6 Å². The number of aliphatic carboxylic acids is 1. The second-order valence-electron chi connectivity index (χ2n) is 5.45. The Balaban J connectivity index is 2.27. The van der Waals surface area contributed by atoms with Gasteiger partial charge in [0, 0.05) is 6.04 Å². The van der Waals surface area contributed by atoms with E-state index in [2.05, 4.69) is 0 Å². The Bertz CT molecular complexity index is 528. The van der Waals surface area contributed by atoms with Crippen molar-refractivity contribution in [2.75, 3.05) is 13.1 Å². The van der Waals surface area contributed by atoms with Crippen LogP contribution in [0.2, 0.25) is 0 Å². The molecule has 1 atom stereocenters. The number of halogens is 3. The lowest BCUT2D eigenvalue weighted by atomic mass is 9.92. The Hall–Kier alpha value is -1.56. The van der Waals surface area contributed by atoms with Crippen molar-refractivity contribution in [2.24, 2.45) is 0 Å². The molecule has 1 aromatic carbocycles. The van der Waals surface area contributed by atoms with Crippen LogP contribution in [0.3, 0.4) is 0 Å². The summed E-state index contributed by atoms with van der Waals surface area (Å²) in [6.07, 6.45) is -1.70. The Morgan fingerprint density at radius 1 is 1.38 bits per heavy atom. The summed E-state index contributed by atoms with van der Waals surface area (Å²) in [5.74, 6) is -0.912. The number of carboxylic acid groups (broad SMARTS) is 1. The van der Waals surface area contributed by atoms with Crippen LogP contribution in [0.5, 0.6) is 0 Å². The zero-order chi connectivity index (χ0) is 15.6. The number of nitrogens with zero attached hydrogens (tertiary/aromatic N) is 1. The molecule has 1 unspecified atom stereocenters. The highest BCUT2D eigenvalue weighted by Gasteiger charge is 2.33. The summed E-state index contributed by atoms with van der Waals surface area (Å²) in [6, 6.07) is 3.99. The van der Waals surface area contributed by atoms with Gasteiger partial charge >= 0.3 is 12.1 Å². The summed E-state index contributed by atoms with van der Waals surface area (Å²) >= 11 is 0. The molecule has 1 aliphatic rings. The van der Waals surface area contributed by atoms with Gasteiger partial charge in [-0.05, 0) is 43.5 Å². The normalized spacial score (nSPS) is 20.5. The van der Waals surface area contributed by atoms with E-state index in [0.29, 0.717) is 6.54 Å². The van der Waals surface area contributed by atoms with Gasteiger partial charge in [-0.15, -0.1) is 0 Å². The third kappa shape index (κ3) is 3.75. The third-order valence-electron chi connectivity index (χ3n) is 3.89. The van der Waals surface area contributed by atoms with Crippen LogP contribution in [-0.2, 0) is 11.0 Å². The quantitative estimate of drug-likeness (QED) is 0.927. The Morgan fingerprint density at radius 2 is 2.10 bits per heavy atom. The number of piperidine rings is 1. The molecule has 0 saturated carbocycles. The number of benzene rings is 1. The van der Waals surface area contributed by atoms with E-state index >= 15 is 0 Å². The first kappa shape index (κ1) is 15.8. The maximum Gasteiger partial charge on any atom is 0.416 e. The van der Waals surface area contributed by atoms with Crippen molar-refractivity contribution in [2.45, 2.75) is 38.4 Å². The third-order valence-corrected chi connectivity index (χ3v) is 3.89. The van der Waals surface area contributed by atoms with Crippen LogP contribution in [-0.4, -0.2) is 29.1 Å². The lowest BCUT2D eigenvalue weighted by molar-refractivity contribution is -0.139. The summed E-state index contributed by atoms with van der Waals surface area (Å²) in [5.41, 5.74) is 0.314. The van der Waals surface area contributed by atoms with Crippen LogP contribution in [0.1, 0.15) is 42.0 Å². The highest BCUT2D eigenvalue weighted by Crippen LogP contribution is 2.36. The van der Waals surface area contributed by atoms with Gasteiger partial charge < -0.3 is 5.11 Å². The number of rotatable bonds is 3. The van der Waals surface area contributed by atoms with Crippen LogP contribution in [0, 0.1) is 6.92 Å². The molecule has 1 fully saturated rings. The molecule has 1 aliphatic heterocycles. The van der Waals surface area contributed by atoms with E-state index in [-0.39, 0.29) is 18.2 Å². The van der Waals surface area contributed by atoms with Crippen LogP contribution < -0.4 is 0 Å². The SMILES string of the molecule is Cc1cc(C2CCCCN2CC(=O)O)ccc1C(F)(F)F. The predicted molar refractivity (Wildman–Crippen MR) is 72.0 cm³/mol. The highest BCUT2D eigenvalue weighted by molar-refractivity contribution is 5.69. The minimum Gasteiger partial charge on any atom is -0.480 e. The number of likely N-dealkylation sites (tertiary alicyclic amines) is 1. The van der Waals surface area contributed by atoms with E-state index in [1.807, 2.05) is 4.90 Å². The first-order valence-corrected chi connectivity index (χ1v) is 6.92. The van der Waals surface area contributed by atoms with E-state index in [1.54, 1.807) is 0 Å². The summed E-state index contributed by atoms with van der Waals surface area (Å²) < 4.78 is 38.3. The fraction of sp³-hybridized carbons (Fsp3) is 0.533. The molecule has 6 heteroatoms. The fourth-order valence-corrected chi connectivity index (χ4v) is 2.94. The van der Waals surface area contributed by atoms with Gasteiger partial charge in [-0.2, -0.15) is 13.2 Å². The number of alkyl halides is 3. The molecule has 1 heterocycles. The predicted octanol–water partition coefficient (Wildman–Crippen LogP) is 3.63. The molecule has 0 amide bonds. The highest BCUT2D eigenvalue weighted by atomic mass is 19.4. The summed E-state index contributed by atoms with van der Waals surface area (Å²) in [5, 5.41) is 8.95. The van der Waals surface area contributed by atoms with Gasteiger partial charge in [0.1, 0.15) is 0 Å². The maximum absolute atomic E-state index is 12.8. The van der Waals surface area contributed by atoms with Gasteiger partial charge in [0.25, 0.3) is 0 Å². The molecule has 2 rings (SSSR count). The Labute approximate surface area is 121 Å². The van der Waals surface area contributed by atoms with Crippen LogP contribution in [0.15, 0.2) is 18.2 Å². The number of hydrogen-bond donors (Lipinski definition) is 1. The van der Waals surface area contributed by atoms with Crippen molar-refractivity contribution < 1.29 is 23.1 Å². The molecule has 116 valence electrons. The molecule has 0 aliphatic carbocycles. The van der Waals surface area contributed by atoms with Crippen molar-refractivity contribution in [1.82, 2.24) is 4.90 Å². The second-order valence-corrected chi connectivity index (χ2v) is 5.45. The van der Waals surface area contributed by atoms with Gasteiger partial charge in [-0.3, -0.25) is 9.69 Å². The minimum absolute atomic E-state index is 0.0786. The van der Waals surface area contributed by atoms with Crippen LogP contribution in [0.4, 0.5) is 13.2 Å². The van der Waals surface area contributed by atoms with E-state index in [1.165, 1.54) is 19.1 Å². The average Bonchev–Trinajstić information content (AvgIpc) is 2.37. The minimum atomic E-state index is -4.35. The lowest BCUT2D eigenvalue weighted by Gasteiger charge is -2.35. The number of carbonyl (C=O) groups is 1. The summed E-state index contributed by atoms with van der Waals surface area (Å²) in [7, 11) is 0. The molecular weight excluding hydrogens is 283 g/mol. The molecule has 0 spiro atoms. The molecule has 0 bridgehead atoms. The Morgan fingerprint density at radius 3 is 2.67 bits per heavy atom.